The topological polar surface area (TPSA) is 62.5 Å². The Hall–Kier alpha value is -1.44. The average Bonchev–Trinajstić information content (AvgIpc) is 3.18. The van der Waals surface area contributed by atoms with E-state index in [0.29, 0.717) is 31.3 Å². The molecule has 6 nitrogen and oxygen atoms in total. The zero-order valence-corrected chi connectivity index (χ0v) is 13.8. The number of halogens is 1. The Labute approximate surface area is 137 Å². The van der Waals surface area contributed by atoms with E-state index >= 15 is 0 Å². The van der Waals surface area contributed by atoms with Crippen LogP contribution in [0, 0.1) is 0 Å². The van der Waals surface area contributed by atoms with Crippen LogP contribution >= 0.6 is 22.9 Å². The van der Waals surface area contributed by atoms with E-state index in [1.807, 2.05) is 22.4 Å². The van der Waals surface area contributed by atoms with Crippen molar-refractivity contribution in [3.8, 4) is 10.8 Å². The first-order valence-electron chi connectivity index (χ1n) is 7.15. The molecule has 118 valence electrons. The van der Waals surface area contributed by atoms with Crippen molar-refractivity contribution in [1.82, 2.24) is 19.9 Å². The van der Waals surface area contributed by atoms with E-state index in [0.717, 1.165) is 18.0 Å². The van der Waals surface area contributed by atoms with Crippen molar-refractivity contribution in [3.63, 3.8) is 0 Å². The molecular weight excluding hydrogens is 324 g/mol. The molecule has 2 aromatic rings. The van der Waals surface area contributed by atoms with Crippen LogP contribution in [-0.4, -0.2) is 57.4 Å². The van der Waals surface area contributed by atoms with Crippen molar-refractivity contribution in [2.75, 3.05) is 26.2 Å². The number of alkyl halides is 1. The Balaban J connectivity index is 1.54. The largest absolute Gasteiger partial charge is 0.339 e. The van der Waals surface area contributed by atoms with Crippen molar-refractivity contribution < 1.29 is 9.32 Å². The van der Waals surface area contributed by atoms with Gasteiger partial charge in [-0.2, -0.15) is 4.98 Å². The number of carbonyl (C=O) groups is 1. The number of nitrogens with zero attached hydrogens (tertiary/aromatic N) is 4. The van der Waals surface area contributed by atoms with Gasteiger partial charge in [-0.05, 0) is 18.4 Å². The van der Waals surface area contributed by atoms with Gasteiger partial charge in [0.25, 0.3) is 5.89 Å². The Kier molecular flexibility index (Phi) is 4.75. The van der Waals surface area contributed by atoms with E-state index in [-0.39, 0.29) is 5.91 Å². The van der Waals surface area contributed by atoms with Crippen LogP contribution in [0.25, 0.3) is 10.8 Å². The van der Waals surface area contributed by atoms with Gasteiger partial charge in [0.05, 0.1) is 11.4 Å². The summed E-state index contributed by atoms with van der Waals surface area (Å²) in [5.74, 6) is 1.24. The molecule has 8 heteroatoms. The summed E-state index contributed by atoms with van der Waals surface area (Å²) in [5, 5.41) is 5.54. The van der Waals surface area contributed by atoms with Crippen molar-refractivity contribution in [3.05, 3.63) is 23.3 Å². The second-order valence-corrected chi connectivity index (χ2v) is 6.81. The molecule has 1 amide bonds. The fraction of sp³-hybridized carbons (Fsp3) is 0.500. The summed E-state index contributed by atoms with van der Waals surface area (Å²) in [6, 6.07) is 3.91. The highest BCUT2D eigenvalue weighted by molar-refractivity contribution is 7.13. The third kappa shape index (κ3) is 3.48. The molecule has 0 bridgehead atoms. The van der Waals surface area contributed by atoms with Gasteiger partial charge in [-0.15, -0.1) is 22.9 Å². The van der Waals surface area contributed by atoms with Crippen LogP contribution in [0.3, 0.4) is 0 Å². The Morgan fingerprint density at radius 2 is 2.23 bits per heavy atom. The summed E-state index contributed by atoms with van der Waals surface area (Å²) in [6.45, 7) is 5.29. The molecule has 0 aliphatic carbocycles. The third-order valence-corrected chi connectivity index (χ3v) is 4.63. The van der Waals surface area contributed by atoms with Crippen LogP contribution in [0.1, 0.15) is 12.7 Å². The number of hydrogen-bond donors (Lipinski definition) is 0. The average molecular weight is 341 g/mol. The summed E-state index contributed by atoms with van der Waals surface area (Å²) < 4.78 is 5.28. The Morgan fingerprint density at radius 1 is 1.45 bits per heavy atom. The monoisotopic (exact) mass is 340 g/mol. The molecule has 1 atom stereocenters. The minimum atomic E-state index is -0.461. The van der Waals surface area contributed by atoms with Crippen LogP contribution in [-0.2, 0) is 11.3 Å². The zero-order valence-electron chi connectivity index (χ0n) is 12.2. The molecule has 3 rings (SSSR count). The van der Waals surface area contributed by atoms with Crippen LogP contribution < -0.4 is 0 Å². The molecule has 1 aliphatic heterocycles. The highest BCUT2D eigenvalue weighted by atomic mass is 35.5. The van der Waals surface area contributed by atoms with Crippen molar-refractivity contribution in [1.29, 1.82) is 0 Å². The first kappa shape index (κ1) is 15.5. The Bertz CT molecular complexity index is 621. The third-order valence-electron chi connectivity index (χ3n) is 3.59. The normalized spacial score (nSPS) is 17.6. The lowest BCUT2D eigenvalue weighted by Crippen LogP contribution is -2.50. The number of piperazine rings is 1. The van der Waals surface area contributed by atoms with Crippen molar-refractivity contribution >= 4 is 28.8 Å². The molecule has 0 N–H and O–H groups in total. The smallest absolute Gasteiger partial charge is 0.268 e. The lowest BCUT2D eigenvalue weighted by atomic mass is 10.3. The number of hydrogen-bond acceptors (Lipinski definition) is 6. The van der Waals surface area contributed by atoms with Gasteiger partial charge in [0.2, 0.25) is 5.91 Å². The molecular formula is C14H17ClN4O2S. The van der Waals surface area contributed by atoms with E-state index in [9.17, 15) is 4.79 Å². The summed E-state index contributed by atoms with van der Waals surface area (Å²) in [5.41, 5.74) is 0. The van der Waals surface area contributed by atoms with Gasteiger partial charge in [0.15, 0.2) is 5.82 Å². The standard InChI is InChI=1S/C14H17ClN4O2S/c1-10(15)14(20)19-6-4-18(5-7-19)9-12-16-13(21-17-12)11-3-2-8-22-11/h2-3,8,10H,4-7,9H2,1H3. The minimum Gasteiger partial charge on any atom is -0.339 e. The van der Waals surface area contributed by atoms with E-state index in [2.05, 4.69) is 15.0 Å². The highest BCUT2D eigenvalue weighted by Gasteiger charge is 2.24. The SMILES string of the molecule is CC(Cl)C(=O)N1CCN(Cc2noc(-c3cccs3)n2)CC1. The predicted molar refractivity (Wildman–Crippen MR) is 84.8 cm³/mol. The van der Waals surface area contributed by atoms with Crippen LogP contribution in [0.5, 0.6) is 0 Å². The van der Waals surface area contributed by atoms with Gasteiger partial charge in [-0.1, -0.05) is 11.2 Å². The molecule has 22 heavy (non-hydrogen) atoms. The quantitative estimate of drug-likeness (QED) is 0.797. The van der Waals surface area contributed by atoms with Crippen LogP contribution in [0.2, 0.25) is 0 Å². The number of rotatable bonds is 4. The number of aromatic nitrogens is 2. The molecule has 3 heterocycles. The van der Waals surface area contributed by atoms with Crippen molar-refractivity contribution in [2.24, 2.45) is 0 Å². The molecule has 1 fully saturated rings. The molecule has 0 saturated carbocycles. The number of amides is 1. The highest BCUT2D eigenvalue weighted by Crippen LogP contribution is 2.22. The second kappa shape index (κ2) is 6.76. The summed E-state index contributed by atoms with van der Waals surface area (Å²) in [7, 11) is 0. The fourth-order valence-electron chi connectivity index (χ4n) is 2.40. The molecule has 1 aliphatic rings. The number of thiophene rings is 1. The van der Waals surface area contributed by atoms with Crippen LogP contribution in [0.15, 0.2) is 22.0 Å². The lowest BCUT2D eigenvalue weighted by molar-refractivity contribution is -0.132. The predicted octanol–water partition coefficient (Wildman–Crippen LogP) is 2.07. The fourth-order valence-corrected chi connectivity index (χ4v) is 3.18. The first-order valence-corrected chi connectivity index (χ1v) is 8.47. The van der Waals surface area contributed by atoms with E-state index in [1.165, 1.54) is 0 Å². The maximum Gasteiger partial charge on any atom is 0.268 e. The molecule has 1 unspecified atom stereocenters. The molecule has 0 spiro atoms. The van der Waals surface area contributed by atoms with Gasteiger partial charge in [-0.25, -0.2) is 0 Å². The van der Waals surface area contributed by atoms with E-state index in [4.69, 9.17) is 16.1 Å². The molecule has 0 aromatic carbocycles. The van der Waals surface area contributed by atoms with E-state index < -0.39 is 5.38 Å². The summed E-state index contributed by atoms with van der Waals surface area (Å²) in [4.78, 5) is 21.3. The molecule has 1 saturated heterocycles. The van der Waals surface area contributed by atoms with Gasteiger partial charge < -0.3 is 9.42 Å². The Morgan fingerprint density at radius 3 is 2.86 bits per heavy atom. The number of carbonyl (C=O) groups excluding carboxylic acids is 1. The second-order valence-electron chi connectivity index (χ2n) is 5.21. The lowest BCUT2D eigenvalue weighted by Gasteiger charge is -2.34. The van der Waals surface area contributed by atoms with Gasteiger partial charge in [0.1, 0.15) is 5.38 Å². The maximum atomic E-state index is 11.8. The zero-order chi connectivity index (χ0) is 15.5. The molecule has 2 aromatic heterocycles. The molecule has 0 radical (unpaired) electrons. The summed E-state index contributed by atoms with van der Waals surface area (Å²) >= 11 is 7.42. The van der Waals surface area contributed by atoms with E-state index in [1.54, 1.807) is 18.3 Å². The van der Waals surface area contributed by atoms with Gasteiger partial charge in [-0.3, -0.25) is 9.69 Å². The van der Waals surface area contributed by atoms with Crippen molar-refractivity contribution in [2.45, 2.75) is 18.8 Å². The first-order chi connectivity index (χ1) is 10.6. The summed E-state index contributed by atoms with van der Waals surface area (Å²) in [6.07, 6.45) is 0. The minimum absolute atomic E-state index is 0.000796. The maximum absolute atomic E-state index is 11.8. The van der Waals surface area contributed by atoms with Crippen LogP contribution in [0.4, 0.5) is 0 Å². The van der Waals surface area contributed by atoms with Gasteiger partial charge in [0, 0.05) is 26.2 Å². The van der Waals surface area contributed by atoms with Gasteiger partial charge >= 0.3 is 0 Å².